The Balaban J connectivity index is 1.96. The van der Waals surface area contributed by atoms with Crippen LogP contribution in [0.4, 0.5) is 5.69 Å². The summed E-state index contributed by atoms with van der Waals surface area (Å²) in [4.78, 5) is 14.8. The Morgan fingerprint density at radius 1 is 1.00 bits per heavy atom. The van der Waals surface area contributed by atoms with E-state index in [0.29, 0.717) is 19.0 Å². The van der Waals surface area contributed by atoms with Crippen LogP contribution in [-0.2, 0) is 10.0 Å². The third kappa shape index (κ3) is 4.13. The first-order valence-corrected chi connectivity index (χ1v) is 11.2. The number of sulfonamides is 1. The van der Waals surface area contributed by atoms with Gasteiger partial charge in [0.2, 0.25) is 10.0 Å². The first kappa shape index (κ1) is 20.6. The van der Waals surface area contributed by atoms with E-state index in [4.69, 9.17) is 0 Å². The van der Waals surface area contributed by atoms with Crippen LogP contribution >= 0.6 is 0 Å². The molecule has 1 saturated heterocycles. The molecule has 0 N–H and O–H groups in total. The topological polar surface area (TPSA) is 57.7 Å². The molecular weight excluding hydrogens is 372 g/mol. The monoisotopic (exact) mass is 400 g/mol. The van der Waals surface area contributed by atoms with Gasteiger partial charge in [0.05, 0.1) is 10.5 Å². The van der Waals surface area contributed by atoms with Crippen LogP contribution in [0.1, 0.15) is 54.9 Å². The molecule has 1 heterocycles. The Morgan fingerprint density at radius 3 is 2.36 bits per heavy atom. The maximum Gasteiger partial charge on any atom is 0.259 e. The minimum absolute atomic E-state index is 0.0914. The Labute approximate surface area is 168 Å². The average Bonchev–Trinajstić information content (AvgIpc) is 2.73. The van der Waals surface area contributed by atoms with Crippen LogP contribution in [0.3, 0.4) is 0 Å². The number of anilines is 1. The standard InChI is InChI=1S/C22H28N2O3S/c1-17(2)18-10-9-11-19(16-18)23(3)22(25)20-12-5-6-13-21(20)28(26,27)24-14-7-4-8-15-24/h5-6,9-13,16-17H,4,7-8,14-15H2,1-3H3. The minimum atomic E-state index is -3.69. The van der Waals surface area contributed by atoms with Crippen LogP contribution in [-0.4, -0.2) is 38.8 Å². The van der Waals surface area contributed by atoms with Crippen molar-refractivity contribution in [2.75, 3.05) is 25.0 Å². The molecule has 2 aromatic carbocycles. The van der Waals surface area contributed by atoms with Gasteiger partial charge in [-0.3, -0.25) is 4.79 Å². The Bertz CT molecular complexity index is 948. The third-order valence-corrected chi connectivity index (χ3v) is 7.24. The van der Waals surface area contributed by atoms with Crippen LogP contribution in [0.25, 0.3) is 0 Å². The minimum Gasteiger partial charge on any atom is -0.311 e. The predicted octanol–water partition coefficient (Wildman–Crippen LogP) is 4.26. The average molecular weight is 401 g/mol. The largest absolute Gasteiger partial charge is 0.311 e. The first-order valence-electron chi connectivity index (χ1n) is 9.79. The molecule has 0 spiro atoms. The van der Waals surface area contributed by atoms with E-state index in [-0.39, 0.29) is 16.4 Å². The Kier molecular flexibility index (Phi) is 6.20. The Hall–Kier alpha value is -2.18. The fourth-order valence-corrected chi connectivity index (χ4v) is 5.20. The molecule has 1 fully saturated rings. The molecule has 1 aliphatic rings. The second-order valence-corrected chi connectivity index (χ2v) is 9.48. The Morgan fingerprint density at radius 2 is 1.68 bits per heavy atom. The molecule has 2 aromatic rings. The van der Waals surface area contributed by atoms with Gasteiger partial charge in [-0.25, -0.2) is 8.42 Å². The summed E-state index contributed by atoms with van der Waals surface area (Å²) in [6.45, 7) is 5.22. The molecule has 1 amide bonds. The summed E-state index contributed by atoms with van der Waals surface area (Å²) >= 11 is 0. The molecule has 0 aliphatic carbocycles. The summed E-state index contributed by atoms with van der Waals surface area (Å²) in [5.74, 6) is 0.0207. The van der Waals surface area contributed by atoms with Crippen molar-refractivity contribution in [3.8, 4) is 0 Å². The van der Waals surface area contributed by atoms with Gasteiger partial charge in [0.1, 0.15) is 0 Å². The van der Waals surface area contributed by atoms with Crippen molar-refractivity contribution in [2.45, 2.75) is 43.9 Å². The van der Waals surface area contributed by atoms with Crippen molar-refractivity contribution in [3.05, 3.63) is 59.7 Å². The number of carbonyl (C=O) groups excluding carboxylic acids is 1. The van der Waals surface area contributed by atoms with Gasteiger partial charge in [0.15, 0.2) is 0 Å². The van der Waals surface area contributed by atoms with Gasteiger partial charge in [0, 0.05) is 25.8 Å². The molecule has 0 atom stereocenters. The van der Waals surface area contributed by atoms with E-state index in [0.717, 1.165) is 30.5 Å². The van der Waals surface area contributed by atoms with Gasteiger partial charge < -0.3 is 4.90 Å². The summed E-state index contributed by atoms with van der Waals surface area (Å²) in [5, 5.41) is 0. The molecule has 0 bridgehead atoms. The highest BCUT2D eigenvalue weighted by Crippen LogP contribution is 2.27. The normalized spacial score (nSPS) is 15.6. The number of piperidine rings is 1. The van der Waals surface area contributed by atoms with E-state index >= 15 is 0 Å². The number of hydrogen-bond donors (Lipinski definition) is 0. The van der Waals surface area contributed by atoms with Gasteiger partial charge in [-0.2, -0.15) is 4.31 Å². The number of carbonyl (C=O) groups is 1. The molecule has 0 radical (unpaired) electrons. The summed E-state index contributed by atoms with van der Waals surface area (Å²) in [7, 11) is -2.00. The van der Waals surface area contributed by atoms with Crippen molar-refractivity contribution >= 4 is 21.6 Å². The molecule has 0 unspecified atom stereocenters. The van der Waals surface area contributed by atoms with Gasteiger partial charge >= 0.3 is 0 Å². The predicted molar refractivity (Wildman–Crippen MR) is 112 cm³/mol. The van der Waals surface area contributed by atoms with Crippen LogP contribution in [0, 0.1) is 0 Å². The van der Waals surface area contributed by atoms with Gasteiger partial charge in [-0.15, -0.1) is 0 Å². The highest BCUT2D eigenvalue weighted by atomic mass is 32.2. The quantitative estimate of drug-likeness (QED) is 0.753. The molecule has 0 saturated carbocycles. The van der Waals surface area contributed by atoms with Gasteiger partial charge in [0.25, 0.3) is 5.91 Å². The number of amides is 1. The van der Waals surface area contributed by atoms with E-state index in [1.54, 1.807) is 25.2 Å². The number of benzene rings is 2. The van der Waals surface area contributed by atoms with Crippen LogP contribution in [0.15, 0.2) is 53.4 Å². The third-order valence-electron chi connectivity index (χ3n) is 5.28. The van der Waals surface area contributed by atoms with Crippen LogP contribution < -0.4 is 4.90 Å². The fourth-order valence-electron chi connectivity index (χ4n) is 3.50. The molecular formula is C22H28N2O3S. The zero-order valence-corrected chi connectivity index (χ0v) is 17.6. The lowest BCUT2D eigenvalue weighted by molar-refractivity contribution is 0.0989. The van der Waals surface area contributed by atoms with E-state index in [9.17, 15) is 13.2 Å². The summed E-state index contributed by atoms with van der Waals surface area (Å²) in [5.41, 5.74) is 2.10. The van der Waals surface area contributed by atoms with Gasteiger partial charge in [-0.1, -0.05) is 44.5 Å². The maximum atomic E-state index is 13.2. The van der Waals surface area contributed by atoms with Crippen molar-refractivity contribution in [3.63, 3.8) is 0 Å². The van der Waals surface area contributed by atoms with Gasteiger partial charge in [-0.05, 0) is 48.6 Å². The molecule has 28 heavy (non-hydrogen) atoms. The SMILES string of the molecule is CC(C)c1cccc(N(C)C(=O)c2ccccc2S(=O)(=O)N2CCCCC2)c1. The molecule has 5 nitrogen and oxygen atoms in total. The van der Waals surface area contributed by atoms with Crippen molar-refractivity contribution in [1.82, 2.24) is 4.31 Å². The number of hydrogen-bond acceptors (Lipinski definition) is 3. The summed E-state index contributed by atoms with van der Waals surface area (Å²) in [6.07, 6.45) is 2.76. The molecule has 1 aliphatic heterocycles. The highest BCUT2D eigenvalue weighted by molar-refractivity contribution is 7.89. The van der Waals surface area contributed by atoms with Crippen LogP contribution in [0.5, 0.6) is 0 Å². The lowest BCUT2D eigenvalue weighted by Crippen LogP contribution is -2.37. The van der Waals surface area contributed by atoms with E-state index in [1.807, 2.05) is 24.3 Å². The second kappa shape index (κ2) is 8.45. The van der Waals surface area contributed by atoms with Crippen LogP contribution in [0.2, 0.25) is 0 Å². The van der Waals surface area contributed by atoms with Crippen molar-refractivity contribution in [1.29, 1.82) is 0 Å². The summed E-state index contributed by atoms with van der Waals surface area (Å²) in [6, 6.07) is 14.3. The zero-order valence-electron chi connectivity index (χ0n) is 16.8. The number of rotatable bonds is 5. The first-order chi connectivity index (χ1) is 13.3. The smallest absolute Gasteiger partial charge is 0.259 e. The number of nitrogens with zero attached hydrogens (tertiary/aromatic N) is 2. The maximum absolute atomic E-state index is 13.2. The second-order valence-electron chi connectivity index (χ2n) is 7.57. The highest BCUT2D eigenvalue weighted by Gasteiger charge is 2.30. The lowest BCUT2D eigenvalue weighted by Gasteiger charge is -2.27. The fraction of sp³-hybridized carbons (Fsp3) is 0.409. The molecule has 0 aromatic heterocycles. The van der Waals surface area contributed by atoms with Crippen molar-refractivity contribution < 1.29 is 13.2 Å². The summed E-state index contributed by atoms with van der Waals surface area (Å²) < 4.78 is 27.8. The van der Waals surface area contributed by atoms with E-state index in [2.05, 4.69) is 13.8 Å². The molecule has 150 valence electrons. The molecule has 3 rings (SSSR count). The zero-order chi connectivity index (χ0) is 20.3. The van der Waals surface area contributed by atoms with Crippen molar-refractivity contribution in [2.24, 2.45) is 0 Å². The van der Waals surface area contributed by atoms with E-state index in [1.165, 1.54) is 15.3 Å². The molecule has 6 heteroatoms. The van der Waals surface area contributed by atoms with E-state index < -0.39 is 10.0 Å². The lowest BCUT2D eigenvalue weighted by atomic mass is 10.0.